The van der Waals surface area contributed by atoms with Crippen LogP contribution in [0.5, 0.6) is 0 Å². The molecule has 0 saturated heterocycles. The van der Waals surface area contributed by atoms with Crippen LogP contribution >= 0.6 is 11.8 Å². The molecular weight excluding hydrogens is 486 g/mol. The molecule has 0 saturated carbocycles. The molecule has 0 bridgehead atoms. The molecule has 0 aliphatic rings. The number of nitro groups is 1. The Morgan fingerprint density at radius 1 is 1.00 bits per heavy atom. The van der Waals surface area contributed by atoms with Gasteiger partial charge >= 0.3 is 0 Å². The molecule has 0 spiro atoms. The van der Waals surface area contributed by atoms with Crippen LogP contribution in [0.1, 0.15) is 21.6 Å². The van der Waals surface area contributed by atoms with Crippen molar-refractivity contribution in [1.29, 1.82) is 0 Å². The Balaban J connectivity index is 1.53. The minimum Gasteiger partial charge on any atom is -0.322 e. The number of para-hydroxylation sites is 1. The highest BCUT2D eigenvalue weighted by Gasteiger charge is 2.18. The third-order valence-corrected chi connectivity index (χ3v) is 6.85. The lowest BCUT2D eigenvalue weighted by atomic mass is 10.0. The minimum absolute atomic E-state index is 0.0985. The van der Waals surface area contributed by atoms with E-state index in [4.69, 9.17) is 4.98 Å². The lowest BCUT2D eigenvalue weighted by molar-refractivity contribution is -0.385. The summed E-state index contributed by atoms with van der Waals surface area (Å²) in [7, 11) is 1.83. The monoisotopic (exact) mass is 509 g/mol. The van der Waals surface area contributed by atoms with E-state index in [1.807, 2.05) is 75.6 Å². The van der Waals surface area contributed by atoms with Gasteiger partial charge in [0.15, 0.2) is 0 Å². The Kier molecular flexibility index (Phi) is 6.45. The van der Waals surface area contributed by atoms with Gasteiger partial charge in [-0.15, -0.1) is 0 Å². The molecule has 2 aromatic heterocycles. The number of pyridine rings is 1. The largest absolute Gasteiger partial charge is 0.322 e. The number of rotatable bonds is 6. The number of hydrogen-bond donors (Lipinski definition) is 1. The van der Waals surface area contributed by atoms with E-state index in [0.29, 0.717) is 32.7 Å². The molecule has 0 aliphatic carbocycles. The van der Waals surface area contributed by atoms with Crippen molar-refractivity contribution < 1.29 is 9.72 Å². The molecule has 3 aromatic carbocycles. The molecule has 37 heavy (non-hydrogen) atoms. The first-order chi connectivity index (χ1) is 17.8. The normalized spacial score (nSPS) is 11.0. The number of nitrogens with one attached hydrogen (secondary N) is 1. The first kappa shape index (κ1) is 24.2. The van der Waals surface area contributed by atoms with Crippen molar-refractivity contribution in [3.63, 3.8) is 0 Å². The Morgan fingerprint density at radius 2 is 1.76 bits per heavy atom. The van der Waals surface area contributed by atoms with E-state index in [2.05, 4.69) is 10.4 Å². The molecule has 0 unspecified atom stereocenters. The molecular formula is C28H23N5O3S. The SMILES string of the molecule is Cc1ccc(Sc2cc(NC(=O)c3cc(-c4cn(C)nc4C)nc4ccccc34)cc([N+](=O)[O-])c2)cc1. The first-order valence-electron chi connectivity index (χ1n) is 11.5. The number of nitro benzene ring substituents is 1. The van der Waals surface area contributed by atoms with Crippen molar-refractivity contribution in [1.82, 2.24) is 14.8 Å². The van der Waals surface area contributed by atoms with Gasteiger partial charge in [-0.25, -0.2) is 4.98 Å². The molecule has 1 N–H and O–H groups in total. The molecule has 5 rings (SSSR count). The molecule has 0 atom stereocenters. The summed E-state index contributed by atoms with van der Waals surface area (Å²) in [6.45, 7) is 3.89. The Hall–Kier alpha value is -4.50. The summed E-state index contributed by atoms with van der Waals surface area (Å²) < 4.78 is 1.71. The Morgan fingerprint density at radius 3 is 2.46 bits per heavy atom. The zero-order valence-corrected chi connectivity index (χ0v) is 21.2. The van der Waals surface area contributed by atoms with Gasteiger partial charge < -0.3 is 5.32 Å². The van der Waals surface area contributed by atoms with E-state index in [9.17, 15) is 14.9 Å². The molecule has 1 amide bonds. The fraction of sp³-hybridized carbons (Fsp3) is 0.107. The third kappa shape index (κ3) is 5.22. The van der Waals surface area contributed by atoms with Crippen molar-refractivity contribution in [3.05, 3.63) is 106 Å². The second-order valence-electron chi connectivity index (χ2n) is 8.72. The van der Waals surface area contributed by atoms with E-state index in [0.717, 1.165) is 21.7 Å². The summed E-state index contributed by atoms with van der Waals surface area (Å²) in [6, 6.07) is 21.6. The lowest BCUT2D eigenvalue weighted by Crippen LogP contribution is -2.13. The van der Waals surface area contributed by atoms with Crippen molar-refractivity contribution in [2.45, 2.75) is 23.6 Å². The zero-order valence-electron chi connectivity index (χ0n) is 20.4. The Bertz CT molecular complexity index is 1660. The summed E-state index contributed by atoms with van der Waals surface area (Å²) in [5.41, 5.74) is 4.71. The number of anilines is 1. The smallest absolute Gasteiger partial charge is 0.272 e. The van der Waals surface area contributed by atoms with Gasteiger partial charge in [-0.3, -0.25) is 19.6 Å². The zero-order chi connectivity index (χ0) is 26.1. The Labute approximate surface area is 217 Å². The van der Waals surface area contributed by atoms with Crippen LogP contribution in [-0.2, 0) is 7.05 Å². The fourth-order valence-electron chi connectivity index (χ4n) is 4.11. The molecule has 0 aliphatic heterocycles. The number of amides is 1. The topological polar surface area (TPSA) is 103 Å². The molecule has 184 valence electrons. The second kappa shape index (κ2) is 9.87. The summed E-state index contributed by atoms with van der Waals surface area (Å²) in [6.07, 6.45) is 1.86. The summed E-state index contributed by atoms with van der Waals surface area (Å²) in [4.78, 5) is 31.1. The highest BCUT2D eigenvalue weighted by atomic mass is 32.2. The number of carbonyl (C=O) groups excluding carboxylic acids is 1. The van der Waals surface area contributed by atoms with Crippen LogP contribution in [0.15, 0.2) is 88.8 Å². The second-order valence-corrected chi connectivity index (χ2v) is 9.86. The van der Waals surface area contributed by atoms with E-state index in [-0.39, 0.29) is 11.6 Å². The number of nitrogens with zero attached hydrogens (tertiary/aromatic N) is 4. The minimum atomic E-state index is -0.458. The average Bonchev–Trinajstić information content (AvgIpc) is 3.22. The first-order valence-corrected chi connectivity index (χ1v) is 12.3. The number of aromatic nitrogens is 3. The summed E-state index contributed by atoms with van der Waals surface area (Å²) in [5.74, 6) is -0.381. The predicted molar refractivity (Wildman–Crippen MR) is 145 cm³/mol. The van der Waals surface area contributed by atoms with Crippen LogP contribution in [0.3, 0.4) is 0 Å². The van der Waals surface area contributed by atoms with Crippen LogP contribution < -0.4 is 5.32 Å². The molecule has 0 fully saturated rings. The van der Waals surface area contributed by atoms with Crippen LogP contribution in [-0.4, -0.2) is 25.6 Å². The number of benzene rings is 3. The van der Waals surface area contributed by atoms with Gasteiger partial charge in [-0.2, -0.15) is 5.10 Å². The van der Waals surface area contributed by atoms with Gasteiger partial charge in [0.25, 0.3) is 11.6 Å². The van der Waals surface area contributed by atoms with E-state index < -0.39 is 4.92 Å². The maximum atomic E-state index is 13.6. The third-order valence-electron chi connectivity index (χ3n) is 5.87. The highest BCUT2D eigenvalue weighted by Crippen LogP contribution is 2.34. The predicted octanol–water partition coefficient (Wildman–Crippen LogP) is 6.56. The van der Waals surface area contributed by atoms with Crippen molar-refractivity contribution in [3.8, 4) is 11.3 Å². The number of carbonyl (C=O) groups is 1. The molecule has 8 nitrogen and oxygen atoms in total. The summed E-state index contributed by atoms with van der Waals surface area (Å²) in [5, 5.41) is 19.6. The maximum absolute atomic E-state index is 13.6. The van der Waals surface area contributed by atoms with Gasteiger partial charge in [0.2, 0.25) is 0 Å². The molecule has 9 heteroatoms. The van der Waals surface area contributed by atoms with E-state index >= 15 is 0 Å². The molecule has 2 heterocycles. The quantitative estimate of drug-likeness (QED) is 0.205. The number of aryl methyl sites for hydroxylation is 3. The van der Waals surface area contributed by atoms with Gasteiger partial charge in [-0.05, 0) is 44.2 Å². The van der Waals surface area contributed by atoms with Gasteiger partial charge in [0, 0.05) is 51.8 Å². The maximum Gasteiger partial charge on any atom is 0.272 e. The van der Waals surface area contributed by atoms with Crippen LogP contribution in [0, 0.1) is 24.0 Å². The standard InChI is InChI=1S/C28H23N5O3S/c1-17-8-10-21(11-9-17)37-22-13-19(12-20(14-22)33(35)36)29-28(34)24-15-27(25-16-32(3)31-18(25)2)30-26-7-5-4-6-23(24)26/h4-16H,1-3H3,(H,29,34). The van der Waals surface area contributed by atoms with Crippen molar-refractivity contribution in [2.24, 2.45) is 7.05 Å². The van der Waals surface area contributed by atoms with Crippen LogP contribution in [0.4, 0.5) is 11.4 Å². The van der Waals surface area contributed by atoms with Crippen LogP contribution in [0.2, 0.25) is 0 Å². The number of non-ortho nitro benzene ring substituents is 1. The summed E-state index contributed by atoms with van der Waals surface area (Å²) >= 11 is 1.40. The highest BCUT2D eigenvalue weighted by molar-refractivity contribution is 7.99. The van der Waals surface area contributed by atoms with E-state index in [1.165, 1.54) is 23.9 Å². The fourth-order valence-corrected chi connectivity index (χ4v) is 5.02. The number of fused-ring (bicyclic) bond motifs is 1. The van der Waals surface area contributed by atoms with E-state index in [1.54, 1.807) is 16.8 Å². The van der Waals surface area contributed by atoms with Gasteiger partial charge in [0.05, 0.1) is 27.4 Å². The average molecular weight is 510 g/mol. The van der Waals surface area contributed by atoms with Crippen molar-refractivity contribution in [2.75, 3.05) is 5.32 Å². The molecule has 0 radical (unpaired) electrons. The van der Waals surface area contributed by atoms with Gasteiger partial charge in [-0.1, -0.05) is 47.7 Å². The van der Waals surface area contributed by atoms with Crippen molar-refractivity contribution >= 4 is 39.9 Å². The van der Waals surface area contributed by atoms with Gasteiger partial charge in [0.1, 0.15) is 0 Å². The molecule has 5 aromatic rings. The lowest BCUT2D eigenvalue weighted by Gasteiger charge is -2.11. The number of hydrogen-bond acceptors (Lipinski definition) is 6. The van der Waals surface area contributed by atoms with Crippen LogP contribution in [0.25, 0.3) is 22.2 Å².